The number of halogens is 3. The molecule has 1 aromatic rings. The molecule has 1 amide bonds. The molecule has 172 valence electrons. The molecule has 5 rings (SSSR count). The molecule has 5 nitrogen and oxygen atoms in total. The summed E-state index contributed by atoms with van der Waals surface area (Å²) in [6.07, 6.45) is 0.923. The van der Waals surface area contributed by atoms with Gasteiger partial charge in [-0.05, 0) is 81.8 Å². The molecule has 0 heterocycles. The van der Waals surface area contributed by atoms with Gasteiger partial charge < -0.3 is 5.32 Å². The molecule has 0 unspecified atom stereocenters. The van der Waals surface area contributed by atoms with Crippen molar-refractivity contribution in [3.63, 3.8) is 0 Å². The van der Waals surface area contributed by atoms with Gasteiger partial charge in [-0.2, -0.15) is 13.2 Å². The van der Waals surface area contributed by atoms with Crippen LogP contribution in [-0.2, 0) is 21.0 Å². The van der Waals surface area contributed by atoms with E-state index in [9.17, 15) is 26.4 Å². The van der Waals surface area contributed by atoms with Crippen molar-refractivity contribution < 1.29 is 26.4 Å². The zero-order valence-corrected chi connectivity index (χ0v) is 18.5. The predicted octanol–water partition coefficient (Wildman–Crippen LogP) is 4.09. The SMILES string of the molecule is CC(C)(CC(=O)NC1C2CC3CC(C2)CC1C3)NS(=O)(=O)c1ccccc1C(F)(F)F. The topological polar surface area (TPSA) is 75.3 Å². The Bertz CT molecular complexity index is 931. The van der Waals surface area contributed by atoms with E-state index in [0.717, 1.165) is 55.7 Å². The first-order chi connectivity index (χ1) is 14.3. The average molecular weight is 459 g/mol. The molecule has 0 aromatic heterocycles. The van der Waals surface area contributed by atoms with Crippen LogP contribution in [0.3, 0.4) is 0 Å². The van der Waals surface area contributed by atoms with E-state index in [-0.39, 0.29) is 18.4 Å². The van der Waals surface area contributed by atoms with Gasteiger partial charge in [0.1, 0.15) is 0 Å². The van der Waals surface area contributed by atoms with Gasteiger partial charge in [0.05, 0.1) is 10.5 Å². The number of carbonyl (C=O) groups excluding carboxylic acids is 1. The highest BCUT2D eigenvalue weighted by atomic mass is 32.2. The smallest absolute Gasteiger partial charge is 0.353 e. The molecule has 0 atom stereocenters. The van der Waals surface area contributed by atoms with Crippen molar-refractivity contribution in [2.24, 2.45) is 23.7 Å². The number of rotatable bonds is 6. The number of nitrogens with one attached hydrogen (secondary N) is 2. The van der Waals surface area contributed by atoms with Crippen molar-refractivity contribution in [2.45, 2.75) is 75.0 Å². The summed E-state index contributed by atoms with van der Waals surface area (Å²) < 4.78 is 67.6. The third-order valence-corrected chi connectivity index (χ3v) is 8.81. The number of benzene rings is 1. The van der Waals surface area contributed by atoms with Gasteiger partial charge in [-0.25, -0.2) is 13.1 Å². The van der Waals surface area contributed by atoms with Crippen LogP contribution in [0.4, 0.5) is 13.2 Å². The highest BCUT2D eigenvalue weighted by Crippen LogP contribution is 2.53. The van der Waals surface area contributed by atoms with Gasteiger partial charge in [0, 0.05) is 18.0 Å². The Morgan fingerprint density at radius 2 is 1.55 bits per heavy atom. The number of carbonyl (C=O) groups is 1. The molecule has 0 radical (unpaired) electrons. The second-order valence-electron chi connectivity index (χ2n) is 10.2. The van der Waals surface area contributed by atoms with Crippen LogP contribution in [0.15, 0.2) is 29.2 Å². The summed E-state index contributed by atoms with van der Waals surface area (Å²) >= 11 is 0. The Morgan fingerprint density at radius 1 is 1.00 bits per heavy atom. The quantitative estimate of drug-likeness (QED) is 0.674. The second-order valence-corrected chi connectivity index (χ2v) is 11.8. The lowest BCUT2D eigenvalue weighted by atomic mass is 9.54. The summed E-state index contributed by atoms with van der Waals surface area (Å²) in [6.45, 7) is 3.02. The number of hydrogen-bond acceptors (Lipinski definition) is 3. The highest BCUT2D eigenvalue weighted by molar-refractivity contribution is 7.89. The number of alkyl halides is 3. The molecular formula is C22H29F3N2O3S. The minimum Gasteiger partial charge on any atom is -0.353 e. The van der Waals surface area contributed by atoms with Crippen molar-refractivity contribution in [2.75, 3.05) is 0 Å². The molecule has 0 spiro atoms. The van der Waals surface area contributed by atoms with E-state index < -0.39 is 32.2 Å². The molecule has 4 aliphatic rings. The van der Waals surface area contributed by atoms with Crippen LogP contribution in [0, 0.1) is 23.7 Å². The van der Waals surface area contributed by atoms with E-state index in [1.807, 2.05) is 0 Å². The van der Waals surface area contributed by atoms with Crippen LogP contribution < -0.4 is 10.0 Å². The molecular weight excluding hydrogens is 429 g/mol. The predicted molar refractivity (Wildman–Crippen MR) is 109 cm³/mol. The summed E-state index contributed by atoms with van der Waals surface area (Å²) in [5.41, 5.74) is -2.47. The normalized spacial score (nSPS) is 30.4. The average Bonchev–Trinajstić information content (AvgIpc) is 2.62. The summed E-state index contributed by atoms with van der Waals surface area (Å²) in [5, 5.41) is 3.13. The molecule has 0 aliphatic heterocycles. The second kappa shape index (κ2) is 7.76. The van der Waals surface area contributed by atoms with E-state index in [0.29, 0.717) is 11.8 Å². The van der Waals surface area contributed by atoms with Crippen molar-refractivity contribution in [3.05, 3.63) is 29.8 Å². The fourth-order valence-corrected chi connectivity index (χ4v) is 7.83. The lowest BCUT2D eigenvalue weighted by Gasteiger charge is -2.54. The number of sulfonamides is 1. The van der Waals surface area contributed by atoms with Gasteiger partial charge in [0.25, 0.3) is 0 Å². The van der Waals surface area contributed by atoms with Crippen molar-refractivity contribution in [1.29, 1.82) is 0 Å². The molecule has 4 bridgehead atoms. The van der Waals surface area contributed by atoms with Crippen LogP contribution in [0.1, 0.15) is 57.9 Å². The molecule has 4 fully saturated rings. The molecule has 4 saturated carbocycles. The summed E-state index contributed by atoms with van der Waals surface area (Å²) in [4.78, 5) is 11.9. The van der Waals surface area contributed by atoms with Crippen molar-refractivity contribution in [3.8, 4) is 0 Å². The summed E-state index contributed by atoms with van der Waals surface area (Å²) in [5.74, 6) is 2.24. The van der Waals surface area contributed by atoms with Gasteiger partial charge in [-0.3, -0.25) is 4.79 Å². The standard InChI is InChI=1S/C22H29F3N2O3S/c1-21(2,27-31(29,30)18-6-4-3-5-17(18)22(23,24)25)12-19(28)26-20-15-8-13-7-14(10-15)11-16(20)9-13/h3-6,13-16,20,27H,7-12H2,1-2H3,(H,26,28). The number of hydrogen-bond donors (Lipinski definition) is 2. The maximum absolute atomic E-state index is 13.3. The van der Waals surface area contributed by atoms with Crippen LogP contribution in [0.25, 0.3) is 0 Å². The first-order valence-electron chi connectivity index (χ1n) is 10.8. The largest absolute Gasteiger partial charge is 0.417 e. The van der Waals surface area contributed by atoms with Gasteiger partial charge in [0.15, 0.2) is 0 Å². The van der Waals surface area contributed by atoms with E-state index >= 15 is 0 Å². The van der Waals surface area contributed by atoms with E-state index in [1.165, 1.54) is 26.3 Å². The van der Waals surface area contributed by atoms with Crippen molar-refractivity contribution in [1.82, 2.24) is 10.0 Å². The molecule has 0 saturated heterocycles. The minimum absolute atomic E-state index is 0.124. The molecule has 1 aromatic carbocycles. The van der Waals surface area contributed by atoms with Crippen LogP contribution in [0.2, 0.25) is 0 Å². The summed E-state index contributed by atoms with van der Waals surface area (Å²) in [6, 6.07) is 4.18. The molecule has 4 aliphatic carbocycles. The first kappa shape index (κ1) is 22.6. The first-order valence-corrected chi connectivity index (χ1v) is 12.3. The van der Waals surface area contributed by atoms with E-state index in [2.05, 4.69) is 10.0 Å². The zero-order chi connectivity index (χ0) is 22.6. The van der Waals surface area contributed by atoms with E-state index in [4.69, 9.17) is 0 Å². The van der Waals surface area contributed by atoms with Gasteiger partial charge in [-0.15, -0.1) is 0 Å². The highest BCUT2D eigenvalue weighted by Gasteiger charge is 2.49. The molecule has 31 heavy (non-hydrogen) atoms. The van der Waals surface area contributed by atoms with Crippen molar-refractivity contribution >= 4 is 15.9 Å². The van der Waals surface area contributed by atoms with Crippen LogP contribution >= 0.6 is 0 Å². The Morgan fingerprint density at radius 3 is 2.10 bits per heavy atom. The molecule has 2 N–H and O–H groups in total. The van der Waals surface area contributed by atoms with Gasteiger partial charge >= 0.3 is 6.18 Å². The Kier molecular flexibility index (Phi) is 5.65. The number of amides is 1. The Balaban J connectivity index is 1.43. The van der Waals surface area contributed by atoms with Gasteiger partial charge in [-0.1, -0.05) is 12.1 Å². The zero-order valence-electron chi connectivity index (χ0n) is 17.7. The van der Waals surface area contributed by atoms with Crippen LogP contribution in [-0.4, -0.2) is 25.9 Å². The summed E-state index contributed by atoms with van der Waals surface area (Å²) in [7, 11) is -4.48. The third-order valence-electron chi connectivity index (χ3n) is 7.05. The van der Waals surface area contributed by atoms with E-state index in [1.54, 1.807) is 0 Å². The minimum atomic E-state index is -4.80. The lowest BCUT2D eigenvalue weighted by molar-refractivity contribution is -0.140. The molecule has 9 heteroatoms. The maximum atomic E-state index is 13.3. The Labute approximate surface area is 181 Å². The lowest BCUT2D eigenvalue weighted by Crippen LogP contribution is -2.57. The monoisotopic (exact) mass is 458 g/mol. The fourth-order valence-electron chi connectivity index (χ4n) is 6.19. The van der Waals surface area contributed by atoms with Gasteiger partial charge in [0.2, 0.25) is 15.9 Å². The fraction of sp³-hybridized carbons (Fsp3) is 0.682. The van der Waals surface area contributed by atoms with Crippen LogP contribution in [0.5, 0.6) is 0 Å². The third kappa shape index (κ3) is 4.77. The maximum Gasteiger partial charge on any atom is 0.417 e. The Hall–Kier alpha value is -1.61.